The Kier molecular flexibility index (Phi) is 1.48. The maximum absolute atomic E-state index is 5.86. The van der Waals surface area contributed by atoms with Crippen molar-refractivity contribution in [3.05, 3.63) is 23.4 Å². The van der Waals surface area contributed by atoms with E-state index in [4.69, 9.17) is 17.3 Å². The maximum atomic E-state index is 5.86. The quantitative estimate of drug-likeness (QED) is 0.630. The number of anilines is 1. The average Bonchev–Trinajstić information content (AvgIpc) is 2.28. The second kappa shape index (κ2) is 2.38. The van der Waals surface area contributed by atoms with Gasteiger partial charge in [-0.15, -0.1) is 0 Å². The van der Waals surface area contributed by atoms with Crippen molar-refractivity contribution in [2.24, 2.45) is 7.05 Å². The van der Waals surface area contributed by atoms with Crippen LogP contribution in [0.1, 0.15) is 0 Å². The van der Waals surface area contributed by atoms with Gasteiger partial charge in [0.25, 0.3) is 0 Å². The number of aromatic nitrogens is 2. The summed E-state index contributed by atoms with van der Waals surface area (Å²) in [5.74, 6) is 0. The predicted octanol–water partition coefficient (Wildman–Crippen LogP) is 1.81. The minimum atomic E-state index is 0.500. The summed E-state index contributed by atoms with van der Waals surface area (Å²) in [6, 6.07) is 5.56. The van der Waals surface area contributed by atoms with Gasteiger partial charge in [-0.3, -0.25) is 4.68 Å². The Labute approximate surface area is 74.7 Å². The Morgan fingerprint density at radius 3 is 3.00 bits per heavy atom. The molecule has 0 aliphatic rings. The van der Waals surface area contributed by atoms with Gasteiger partial charge in [-0.1, -0.05) is 11.6 Å². The number of halogens is 1. The highest BCUT2D eigenvalue weighted by atomic mass is 35.5. The van der Waals surface area contributed by atoms with Crippen LogP contribution in [0, 0.1) is 0 Å². The molecular weight excluding hydrogens is 174 g/mol. The topological polar surface area (TPSA) is 43.8 Å². The fourth-order valence-electron chi connectivity index (χ4n) is 1.24. The van der Waals surface area contributed by atoms with E-state index in [1.165, 1.54) is 0 Å². The van der Waals surface area contributed by atoms with Gasteiger partial charge in [0.2, 0.25) is 0 Å². The van der Waals surface area contributed by atoms with E-state index in [1.807, 2.05) is 25.2 Å². The zero-order chi connectivity index (χ0) is 8.72. The first-order valence-corrected chi connectivity index (χ1v) is 3.94. The van der Waals surface area contributed by atoms with Gasteiger partial charge in [0.1, 0.15) is 0 Å². The predicted molar refractivity (Wildman–Crippen MR) is 50.1 cm³/mol. The lowest BCUT2D eigenvalue weighted by Gasteiger charge is -1.94. The zero-order valence-electron chi connectivity index (χ0n) is 6.58. The summed E-state index contributed by atoms with van der Waals surface area (Å²) in [6.45, 7) is 0. The lowest BCUT2D eigenvalue weighted by atomic mass is 10.2. The number of nitrogens with two attached hydrogens (primary N) is 1. The Morgan fingerprint density at radius 1 is 1.50 bits per heavy atom. The smallest absolute Gasteiger partial charge is 0.158 e. The number of fused-ring (bicyclic) bond motifs is 1. The Bertz CT molecular complexity index is 433. The van der Waals surface area contributed by atoms with Gasteiger partial charge in [0.15, 0.2) is 5.15 Å². The molecule has 0 saturated heterocycles. The van der Waals surface area contributed by atoms with E-state index in [9.17, 15) is 0 Å². The Hall–Kier alpha value is -1.22. The molecule has 0 saturated carbocycles. The first-order valence-electron chi connectivity index (χ1n) is 3.56. The molecule has 0 fully saturated rings. The van der Waals surface area contributed by atoms with Crippen molar-refractivity contribution in [3.8, 4) is 0 Å². The molecule has 62 valence electrons. The fourth-order valence-corrected chi connectivity index (χ4v) is 1.51. The number of nitrogens with zero attached hydrogens (tertiary/aromatic N) is 2. The molecule has 0 atom stereocenters. The highest BCUT2D eigenvalue weighted by Crippen LogP contribution is 2.23. The van der Waals surface area contributed by atoms with E-state index in [-0.39, 0.29) is 0 Å². The van der Waals surface area contributed by atoms with Crippen LogP contribution in [0.15, 0.2) is 18.2 Å². The monoisotopic (exact) mass is 181 g/mol. The number of hydrogen-bond acceptors (Lipinski definition) is 2. The minimum absolute atomic E-state index is 0.500. The molecule has 1 aromatic heterocycles. The molecule has 1 heterocycles. The second-order valence-corrected chi connectivity index (χ2v) is 3.05. The third-order valence-electron chi connectivity index (χ3n) is 1.83. The van der Waals surface area contributed by atoms with E-state index in [2.05, 4.69) is 5.10 Å². The van der Waals surface area contributed by atoms with E-state index in [0.29, 0.717) is 10.8 Å². The van der Waals surface area contributed by atoms with Crippen LogP contribution in [-0.2, 0) is 7.05 Å². The SMILES string of the molecule is Cn1nc(Cl)c2cc(N)ccc21. The summed E-state index contributed by atoms with van der Waals surface area (Å²) in [6.07, 6.45) is 0. The van der Waals surface area contributed by atoms with Crippen LogP contribution in [0.25, 0.3) is 10.9 Å². The van der Waals surface area contributed by atoms with Crippen molar-refractivity contribution < 1.29 is 0 Å². The van der Waals surface area contributed by atoms with Crippen molar-refractivity contribution in [3.63, 3.8) is 0 Å². The van der Waals surface area contributed by atoms with Crippen LogP contribution in [-0.4, -0.2) is 9.78 Å². The number of nitrogen functional groups attached to an aromatic ring is 1. The number of rotatable bonds is 0. The molecule has 0 bridgehead atoms. The fraction of sp³-hybridized carbons (Fsp3) is 0.125. The molecule has 12 heavy (non-hydrogen) atoms. The van der Waals surface area contributed by atoms with Crippen molar-refractivity contribution in [2.45, 2.75) is 0 Å². The lowest BCUT2D eigenvalue weighted by molar-refractivity contribution is 0.797. The summed E-state index contributed by atoms with van der Waals surface area (Å²) in [7, 11) is 1.85. The summed E-state index contributed by atoms with van der Waals surface area (Å²) in [5, 5.41) is 5.46. The molecule has 4 heteroatoms. The van der Waals surface area contributed by atoms with Crippen molar-refractivity contribution in [1.82, 2.24) is 9.78 Å². The molecule has 1 aromatic carbocycles. The van der Waals surface area contributed by atoms with Crippen LogP contribution < -0.4 is 5.73 Å². The third kappa shape index (κ3) is 0.940. The standard InChI is InChI=1S/C8H8ClN3/c1-12-7-3-2-5(10)4-6(7)8(9)11-12/h2-4H,10H2,1H3. The molecule has 2 aromatic rings. The third-order valence-corrected chi connectivity index (χ3v) is 2.11. The largest absolute Gasteiger partial charge is 0.399 e. The highest BCUT2D eigenvalue weighted by molar-refractivity contribution is 6.34. The van der Waals surface area contributed by atoms with Crippen LogP contribution in [0.2, 0.25) is 5.15 Å². The number of aryl methyl sites for hydroxylation is 1. The molecule has 0 aliphatic carbocycles. The maximum Gasteiger partial charge on any atom is 0.158 e. The van der Waals surface area contributed by atoms with Gasteiger partial charge in [-0.25, -0.2) is 0 Å². The molecule has 0 spiro atoms. The number of benzene rings is 1. The minimum Gasteiger partial charge on any atom is -0.399 e. The van der Waals surface area contributed by atoms with Crippen LogP contribution >= 0.6 is 11.6 Å². The van der Waals surface area contributed by atoms with Gasteiger partial charge in [0, 0.05) is 18.1 Å². The molecule has 0 aliphatic heterocycles. The van der Waals surface area contributed by atoms with Crippen LogP contribution in [0.3, 0.4) is 0 Å². The van der Waals surface area contributed by atoms with Crippen molar-refractivity contribution in [2.75, 3.05) is 5.73 Å². The van der Waals surface area contributed by atoms with E-state index >= 15 is 0 Å². The average molecular weight is 182 g/mol. The first kappa shape index (κ1) is 7.43. The Balaban J connectivity index is 2.90. The molecule has 0 unspecified atom stereocenters. The molecule has 2 N–H and O–H groups in total. The summed E-state index contributed by atoms with van der Waals surface area (Å²) in [4.78, 5) is 0. The van der Waals surface area contributed by atoms with Gasteiger partial charge in [-0.2, -0.15) is 5.10 Å². The van der Waals surface area contributed by atoms with E-state index < -0.39 is 0 Å². The molecule has 0 radical (unpaired) electrons. The summed E-state index contributed by atoms with van der Waals surface area (Å²) in [5.41, 5.74) is 7.31. The highest BCUT2D eigenvalue weighted by Gasteiger charge is 2.05. The number of hydrogen-bond donors (Lipinski definition) is 1. The Morgan fingerprint density at radius 2 is 2.25 bits per heavy atom. The van der Waals surface area contributed by atoms with Crippen LogP contribution in [0.4, 0.5) is 5.69 Å². The van der Waals surface area contributed by atoms with Gasteiger partial charge in [0.05, 0.1) is 5.52 Å². The second-order valence-electron chi connectivity index (χ2n) is 2.69. The molecule has 0 amide bonds. The summed E-state index contributed by atoms with van der Waals surface area (Å²) < 4.78 is 1.73. The van der Waals surface area contributed by atoms with Crippen molar-refractivity contribution >= 4 is 28.2 Å². The van der Waals surface area contributed by atoms with Crippen LogP contribution in [0.5, 0.6) is 0 Å². The molecule has 2 rings (SSSR count). The zero-order valence-corrected chi connectivity index (χ0v) is 7.34. The molecular formula is C8H8ClN3. The van der Waals surface area contributed by atoms with Gasteiger partial charge >= 0.3 is 0 Å². The van der Waals surface area contributed by atoms with Gasteiger partial charge in [-0.05, 0) is 18.2 Å². The normalized spacial score (nSPS) is 10.8. The van der Waals surface area contributed by atoms with Gasteiger partial charge < -0.3 is 5.73 Å². The first-order chi connectivity index (χ1) is 5.68. The molecule has 3 nitrogen and oxygen atoms in total. The van der Waals surface area contributed by atoms with E-state index in [1.54, 1.807) is 4.68 Å². The van der Waals surface area contributed by atoms with E-state index in [0.717, 1.165) is 10.9 Å². The summed E-state index contributed by atoms with van der Waals surface area (Å²) >= 11 is 5.86. The lowest BCUT2D eigenvalue weighted by Crippen LogP contribution is -1.89. The van der Waals surface area contributed by atoms with Crippen molar-refractivity contribution in [1.29, 1.82) is 0 Å².